The Balaban J connectivity index is 2.14. The van der Waals surface area contributed by atoms with Gasteiger partial charge >= 0.3 is 0 Å². The Kier molecular flexibility index (Phi) is 3.05. The summed E-state index contributed by atoms with van der Waals surface area (Å²) >= 11 is 0. The first-order chi connectivity index (χ1) is 9.56. The molecule has 102 valence electrons. The van der Waals surface area contributed by atoms with Crippen molar-refractivity contribution in [2.45, 2.75) is 26.7 Å². The summed E-state index contributed by atoms with van der Waals surface area (Å²) in [6.45, 7) is 6.45. The van der Waals surface area contributed by atoms with Crippen molar-refractivity contribution in [3.63, 3.8) is 0 Å². The molecule has 0 saturated carbocycles. The van der Waals surface area contributed by atoms with E-state index in [0.29, 0.717) is 5.92 Å². The molecule has 3 aromatic rings. The van der Waals surface area contributed by atoms with Crippen LogP contribution in [0, 0.1) is 6.92 Å². The molecule has 0 bridgehead atoms. The number of fused-ring (bicyclic) bond motifs is 1. The average Bonchev–Trinajstić information content (AvgIpc) is 2.74. The Hall–Kier alpha value is -2.16. The van der Waals surface area contributed by atoms with Crippen LogP contribution >= 0.6 is 0 Å². The van der Waals surface area contributed by atoms with Gasteiger partial charge in [0.2, 0.25) is 0 Å². The van der Waals surface area contributed by atoms with Crippen molar-refractivity contribution in [2.75, 3.05) is 0 Å². The highest BCUT2D eigenvalue weighted by molar-refractivity contribution is 5.83. The number of aryl methyl sites for hydroxylation is 2. The smallest absolute Gasteiger partial charge is 0.157 e. The molecule has 0 aliphatic rings. The third kappa shape index (κ3) is 2.09. The molecule has 0 spiro atoms. The third-order valence-electron chi connectivity index (χ3n) is 3.75. The fourth-order valence-corrected chi connectivity index (χ4v) is 2.54. The van der Waals surface area contributed by atoms with Crippen molar-refractivity contribution in [1.82, 2.24) is 14.8 Å². The van der Waals surface area contributed by atoms with Gasteiger partial charge in [0.25, 0.3) is 0 Å². The van der Waals surface area contributed by atoms with Gasteiger partial charge in [-0.1, -0.05) is 38.1 Å². The number of aromatic nitrogens is 3. The summed E-state index contributed by atoms with van der Waals surface area (Å²) in [6, 6.07) is 10.9. The van der Waals surface area contributed by atoms with Gasteiger partial charge in [0.15, 0.2) is 5.65 Å². The van der Waals surface area contributed by atoms with E-state index in [2.05, 4.69) is 54.3 Å². The molecular weight excluding hydrogens is 246 g/mol. The van der Waals surface area contributed by atoms with Gasteiger partial charge in [0.05, 0.1) is 5.69 Å². The van der Waals surface area contributed by atoms with Gasteiger partial charge in [-0.15, -0.1) is 0 Å². The molecule has 3 rings (SSSR count). The SMILES string of the molecule is Cc1nn(C)c2ncc(-c3cccc(C(C)C)c3)cc12. The minimum Gasteiger partial charge on any atom is -0.250 e. The molecule has 0 aliphatic heterocycles. The molecule has 3 nitrogen and oxygen atoms in total. The van der Waals surface area contributed by atoms with Crippen molar-refractivity contribution in [3.8, 4) is 11.1 Å². The largest absolute Gasteiger partial charge is 0.250 e. The van der Waals surface area contributed by atoms with Crippen LogP contribution in [-0.4, -0.2) is 14.8 Å². The molecule has 0 unspecified atom stereocenters. The quantitative estimate of drug-likeness (QED) is 0.699. The number of hydrogen-bond donors (Lipinski definition) is 0. The normalized spacial score (nSPS) is 11.4. The third-order valence-corrected chi connectivity index (χ3v) is 3.75. The van der Waals surface area contributed by atoms with Crippen LogP contribution in [0.2, 0.25) is 0 Å². The van der Waals surface area contributed by atoms with Gasteiger partial charge in [-0.05, 0) is 30.0 Å². The predicted octanol–water partition coefficient (Wildman–Crippen LogP) is 4.07. The summed E-state index contributed by atoms with van der Waals surface area (Å²) < 4.78 is 1.83. The maximum atomic E-state index is 4.55. The Morgan fingerprint density at radius 1 is 1.10 bits per heavy atom. The first-order valence-electron chi connectivity index (χ1n) is 6.96. The lowest BCUT2D eigenvalue weighted by atomic mass is 9.98. The van der Waals surface area contributed by atoms with Gasteiger partial charge < -0.3 is 0 Å². The average molecular weight is 265 g/mol. The number of rotatable bonds is 2. The molecule has 0 fully saturated rings. The first-order valence-corrected chi connectivity index (χ1v) is 6.96. The van der Waals surface area contributed by atoms with Crippen LogP contribution < -0.4 is 0 Å². The van der Waals surface area contributed by atoms with Gasteiger partial charge in [-0.25, -0.2) is 4.98 Å². The topological polar surface area (TPSA) is 30.7 Å². The number of hydrogen-bond acceptors (Lipinski definition) is 2. The van der Waals surface area contributed by atoms with Crippen molar-refractivity contribution in [3.05, 3.63) is 47.8 Å². The van der Waals surface area contributed by atoms with E-state index in [4.69, 9.17) is 0 Å². The van der Waals surface area contributed by atoms with Crippen LogP contribution in [0.1, 0.15) is 31.0 Å². The summed E-state index contributed by atoms with van der Waals surface area (Å²) in [5.74, 6) is 0.534. The van der Waals surface area contributed by atoms with E-state index in [1.165, 1.54) is 11.1 Å². The van der Waals surface area contributed by atoms with Crippen LogP contribution in [0.15, 0.2) is 36.5 Å². The van der Waals surface area contributed by atoms with E-state index < -0.39 is 0 Å². The second kappa shape index (κ2) is 4.75. The first kappa shape index (κ1) is 12.9. The Bertz CT molecular complexity index is 769. The summed E-state index contributed by atoms with van der Waals surface area (Å²) in [5, 5.41) is 5.55. The second-order valence-corrected chi connectivity index (χ2v) is 5.58. The van der Waals surface area contributed by atoms with Crippen molar-refractivity contribution >= 4 is 11.0 Å². The molecule has 0 saturated heterocycles. The summed E-state index contributed by atoms with van der Waals surface area (Å²) in [4.78, 5) is 4.55. The van der Waals surface area contributed by atoms with Crippen LogP contribution in [0.3, 0.4) is 0 Å². The summed E-state index contributed by atoms with van der Waals surface area (Å²) in [5.41, 5.74) is 5.68. The number of pyridine rings is 1. The minimum absolute atomic E-state index is 0.534. The van der Waals surface area contributed by atoms with Crippen LogP contribution in [0.5, 0.6) is 0 Å². The predicted molar refractivity (Wildman–Crippen MR) is 82.8 cm³/mol. The van der Waals surface area contributed by atoms with Crippen LogP contribution in [0.4, 0.5) is 0 Å². The molecular formula is C17H19N3. The molecule has 0 radical (unpaired) electrons. The van der Waals surface area contributed by atoms with E-state index in [1.54, 1.807) is 0 Å². The lowest BCUT2D eigenvalue weighted by molar-refractivity contribution is 0.774. The molecule has 0 atom stereocenters. The van der Waals surface area contributed by atoms with E-state index in [1.807, 2.05) is 24.9 Å². The lowest BCUT2D eigenvalue weighted by Crippen LogP contribution is -1.92. The van der Waals surface area contributed by atoms with E-state index in [9.17, 15) is 0 Å². The van der Waals surface area contributed by atoms with Gasteiger partial charge in [0.1, 0.15) is 0 Å². The zero-order valence-corrected chi connectivity index (χ0v) is 12.4. The van der Waals surface area contributed by atoms with Crippen molar-refractivity contribution in [2.24, 2.45) is 7.05 Å². The highest BCUT2D eigenvalue weighted by atomic mass is 15.3. The van der Waals surface area contributed by atoms with Crippen LogP contribution in [-0.2, 0) is 7.05 Å². The summed E-state index contributed by atoms with van der Waals surface area (Å²) in [7, 11) is 1.93. The Morgan fingerprint density at radius 3 is 2.65 bits per heavy atom. The van der Waals surface area contributed by atoms with Gasteiger partial charge in [-0.3, -0.25) is 4.68 Å². The zero-order chi connectivity index (χ0) is 14.3. The fraction of sp³-hybridized carbons (Fsp3) is 0.294. The number of benzene rings is 1. The maximum absolute atomic E-state index is 4.55. The summed E-state index contributed by atoms with van der Waals surface area (Å²) in [6.07, 6.45) is 1.93. The standard InChI is InChI=1S/C17H19N3/c1-11(2)13-6-5-7-14(8-13)15-9-16-12(3)19-20(4)17(16)18-10-15/h5-11H,1-4H3. The number of nitrogens with zero attached hydrogens (tertiary/aromatic N) is 3. The fourth-order valence-electron chi connectivity index (χ4n) is 2.54. The van der Waals surface area contributed by atoms with E-state index in [0.717, 1.165) is 22.3 Å². The van der Waals surface area contributed by atoms with Crippen molar-refractivity contribution < 1.29 is 0 Å². The maximum Gasteiger partial charge on any atom is 0.157 e. The Labute approximate surface area is 119 Å². The molecule has 3 heteroatoms. The monoisotopic (exact) mass is 265 g/mol. The lowest BCUT2D eigenvalue weighted by Gasteiger charge is -2.08. The molecule has 0 aliphatic carbocycles. The van der Waals surface area contributed by atoms with Gasteiger partial charge in [0, 0.05) is 24.2 Å². The highest BCUT2D eigenvalue weighted by Crippen LogP contribution is 2.26. The zero-order valence-electron chi connectivity index (χ0n) is 12.4. The molecule has 2 heterocycles. The highest BCUT2D eigenvalue weighted by Gasteiger charge is 2.09. The van der Waals surface area contributed by atoms with E-state index >= 15 is 0 Å². The molecule has 0 amide bonds. The Morgan fingerprint density at radius 2 is 1.90 bits per heavy atom. The molecule has 2 aromatic heterocycles. The second-order valence-electron chi connectivity index (χ2n) is 5.58. The minimum atomic E-state index is 0.534. The van der Waals surface area contributed by atoms with Gasteiger partial charge in [-0.2, -0.15) is 5.10 Å². The molecule has 20 heavy (non-hydrogen) atoms. The van der Waals surface area contributed by atoms with Crippen LogP contribution in [0.25, 0.3) is 22.2 Å². The van der Waals surface area contributed by atoms with Crippen molar-refractivity contribution in [1.29, 1.82) is 0 Å². The molecule has 1 aromatic carbocycles. The molecule has 0 N–H and O–H groups in total. The van der Waals surface area contributed by atoms with E-state index in [-0.39, 0.29) is 0 Å².